The lowest BCUT2D eigenvalue weighted by Gasteiger charge is -2.31. The molecule has 3 heteroatoms. The van der Waals surface area contributed by atoms with Gasteiger partial charge in [0.15, 0.2) is 0 Å². The Kier molecular flexibility index (Phi) is 3.12. The first-order chi connectivity index (χ1) is 8.66. The molecule has 3 rings (SSSR count). The maximum Gasteiger partial charge on any atom is 0.123 e. The predicted molar refractivity (Wildman–Crippen MR) is 70.8 cm³/mol. The maximum atomic E-state index is 13.3. The lowest BCUT2D eigenvalue weighted by Crippen LogP contribution is -2.35. The lowest BCUT2D eigenvalue weighted by molar-refractivity contribution is 0.182. The van der Waals surface area contributed by atoms with Gasteiger partial charge >= 0.3 is 0 Å². The number of halogens is 1. The van der Waals surface area contributed by atoms with Gasteiger partial charge < -0.3 is 5.32 Å². The van der Waals surface area contributed by atoms with Crippen molar-refractivity contribution in [2.45, 2.75) is 25.9 Å². The quantitative estimate of drug-likeness (QED) is 0.864. The minimum Gasteiger partial charge on any atom is -0.316 e. The van der Waals surface area contributed by atoms with E-state index in [0.29, 0.717) is 12.1 Å². The Bertz CT molecular complexity index is 434. The number of likely N-dealkylation sites (tertiary alicyclic amines) is 1. The molecule has 2 nitrogen and oxygen atoms in total. The molecule has 0 saturated carbocycles. The summed E-state index contributed by atoms with van der Waals surface area (Å²) in [7, 11) is 0. The molecule has 0 aromatic heterocycles. The van der Waals surface area contributed by atoms with Crippen molar-refractivity contribution >= 4 is 0 Å². The molecule has 2 heterocycles. The van der Waals surface area contributed by atoms with Crippen LogP contribution in [0.15, 0.2) is 24.3 Å². The summed E-state index contributed by atoms with van der Waals surface area (Å²) in [5.41, 5.74) is 1.09. The summed E-state index contributed by atoms with van der Waals surface area (Å²) in [4.78, 5) is 2.53. The summed E-state index contributed by atoms with van der Waals surface area (Å²) < 4.78 is 13.3. The van der Waals surface area contributed by atoms with Gasteiger partial charge in [0, 0.05) is 18.6 Å². The molecular formula is C15H21FN2. The van der Waals surface area contributed by atoms with Crippen molar-refractivity contribution < 1.29 is 4.39 Å². The summed E-state index contributed by atoms with van der Waals surface area (Å²) in [5.74, 6) is 1.41. The van der Waals surface area contributed by atoms with Crippen molar-refractivity contribution in [3.05, 3.63) is 35.6 Å². The molecule has 0 bridgehead atoms. The average molecular weight is 248 g/mol. The molecule has 0 spiro atoms. The summed E-state index contributed by atoms with van der Waals surface area (Å²) in [6.07, 6.45) is 0. The smallest absolute Gasteiger partial charge is 0.123 e. The molecule has 0 radical (unpaired) electrons. The number of nitrogens with one attached hydrogen (secondary N) is 1. The lowest BCUT2D eigenvalue weighted by atomic mass is 9.95. The van der Waals surface area contributed by atoms with Gasteiger partial charge in [-0.2, -0.15) is 0 Å². The van der Waals surface area contributed by atoms with E-state index >= 15 is 0 Å². The van der Waals surface area contributed by atoms with Crippen molar-refractivity contribution in [3.63, 3.8) is 0 Å². The number of benzene rings is 1. The molecule has 98 valence electrons. The fraction of sp³-hybridized carbons (Fsp3) is 0.600. The van der Waals surface area contributed by atoms with Crippen LogP contribution >= 0.6 is 0 Å². The molecule has 1 aromatic rings. The first-order valence-corrected chi connectivity index (χ1v) is 6.88. The van der Waals surface area contributed by atoms with Crippen molar-refractivity contribution in [3.8, 4) is 0 Å². The van der Waals surface area contributed by atoms with Crippen molar-refractivity contribution in [2.24, 2.45) is 11.8 Å². The van der Waals surface area contributed by atoms with E-state index in [1.54, 1.807) is 6.07 Å². The molecule has 18 heavy (non-hydrogen) atoms. The molecule has 1 aromatic carbocycles. The van der Waals surface area contributed by atoms with Crippen molar-refractivity contribution in [2.75, 3.05) is 19.6 Å². The second-order valence-corrected chi connectivity index (χ2v) is 5.75. The Labute approximate surface area is 108 Å². The van der Waals surface area contributed by atoms with Gasteiger partial charge in [-0.1, -0.05) is 12.1 Å². The number of hydrogen-bond acceptors (Lipinski definition) is 2. The topological polar surface area (TPSA) is 15.3 Å². The van der Waals surface area contributed by atoms with Crippen LogP contribution in [0.25, 0.3) is 0 Å². The first kappa shape index (κ1) is 12.1. The van der Waals surface area contributed by atoms with Gasteiger partial charge in [-0.3, -0.25) is 4.90 Å². The minimum absolute atomic E-state index is 0.131. The molecule has 2 aliphatic heterocycles. The molecule has 0 amide bonds. The van der Waals surface area contributed by atoms with E-state index in [9.17, 15) is 4.39 Å². The Hall–Kier alpha value is -0.930. The second kappa shape index (κ2) is 4.63. The Morgan fingerprint density at radius 3 is 2.94 bits per heavy atom. The molecule has 2 aliphatic rings. The van der Waals surface area contributed by atoms with E-state index in [4.69, 9.17) is 0 Å². The molecular weight excluding hydrogens is 227 g/mol. The molecule has 2 saturated heterocycles. The number of hydrogen-bond donors (Lipinski definition) is 1. The molecule has 1 N–H and O–H groups in total. The fourth-order valence-corrected chi connectivity index (χ4v) is 3.67. The predicted octanol–water partition coefficient (Wildman–Crippen LogP) is 2.43. The Balaban J connectivity index is 1.79. The highest BCUT2D eigenvalue weighted by Gasteiger charge is 2.43. The summed E-state index contributed by atoms with van der Waals surface area (Å²) in [6, 6.07) is 7.92. The molecule has 4 unspecified atom stereocenters. The van der Waals surface area contributed by atoms with E-state index in [0.717, 1.165) is 37.0 Å². The third-order valence-electron chi connectivity index (χ3n) is 4.81. The fourth-order valence-electron chi connectivity index (χ4n) is 3.67. The highest BCUT2D eigenvalue weighted by atomic mass is 19.1. The zero-order valence-corrected chi connectivity index (χ0v) is 11.1. The third-order valence-corrected chi connectivity index (χ3v) is 4.81. The van der Waals surface area contributed by atoms with Gasteiger partial charge in [0.1, 0.15) is 5.82 Å². The van der Waals surface area contributed by atoms with Crippen LogP contribution in [-0.4, -0.2) is 30.6 Å². The maximum absolute atomic E-state index is 13.3. The minimum atomic E-state index is -0.131. The van der Waals surface area contributed by atoms with E-state index < -0.39 is 0 Å². The summed E-state index contributed by atoms with van der Waals surface area (Å²) in [5, 5.41) is 3.48. The van der Waals surface area contributed by atoms with Crippen molar-refractivity contribution in [1.29, 1.82) is 0 Å². The van der Waals surface area contributed by atoms with Crippen LogP contribution in [0.5, 0.6) is 0 Å². The molecule has 2 fully saturated rings. The van der Waals surface area contributed by atoms with Gasteiger partial charge in [0.25, 0.3) is 0 Å². The highest BCUT2D eigenvalue weighted by molar-refractivity contribution is 5.20. The van der Waals surface area contributed by atoms with Crippen LogP contribution in [-0.2, 0) is 0 Å². The van der Waals surface area contributed by atoms with Crippen LogP contribution in [0.3, 0.4) is 0 Å². The van der Waals surface area contributed by atoms with Gasteiger partial charge in [-0.15, -0.1) is 0 Å². The number of fused-ring (bicyclic) bond motifs is 1. The van der Waals surface area contributed by atoms with Crippen LogP contribution in [0.1, 0.15) is 25.5 Å². The monoisotopic (exact) mass is 248 g/mol. The summed E-state index contributed by atoms with van der Waals surface area (Å²) >= 11 is 0. The van der Waals surface area contributed by atoms with Gasteiger partial charge in [-0.25, -0.2) is 4.39 Å². The Morgan fingerprint density at radius 1 is 1.39 bits per heavy atom. The second-order valence-electron chi connectivity index (χ2n) is 5.75. The van der Waals surface area contributed by atoms with Gasteiger partial charge in [0.2, 0.25) is 0 Å². The van der Waals surface area contributed by atoms with E-state index in [-0.39, 0.29) is 5.82 Å². The Morgan fingerprint density at radius 2 is 2.22 bits per heavy atom. The zero-order valence-electron chi connectivity index (χ0n) is 11.1. The molecule has 4 atom stereocenters. The number of nitrogens with zero attached hydrogens (tertiary/aromatic N) is 1. The average Bonchev–Trinajstić information content (AvgIpc) is 2.92. The van der Waals surface area contributed by atoms with Crippen molar-refractivity contribution in [1.82, 2.24) is 10.2 Å². The largest absolute Gasteiger partial charge is 0.316 e. The van der Waals surface area contributed by atoms with Crippen LogP contribution in [0.4, 0.5) is 4.39 Å². The standard InChI is InChI=1S/C15H21FN2/c1-10(12-4-3-5-14(16)6-12)18-9-13-7-17-8-15(13)11(18)2/h3-6,10-11,13,15,17H,7-9H2,1-2H3. The van der Waals surface area contributed by atoms with Crippen LogP contribution in [0.2, 0.25) is 0 Å². The van der Waals surface area contributed by atoms with Gasteiger partial charge in [0.05, 0.1) is 0 Å². The first-order valence-electron chi connectivity index (χ1n) is 6.88. The SMILES string of the molecule is CC(c1cccc(F)c1)N1CC2CNCC2C1C. The normalized spacial score (nSPS) is 33.6. The van der Waals surface area contributed by atoms with Crippen LogP contribution in [0, 0.1) is 17.7 Å². The molecule has 0 aliphatic carbocycles. The van der Waals surface area contributed by atoms with Gasteiger partial charge in [-0.05, 0) is 56.5 Å². The van der Waals surface area contributed by atoms with E-state index in [2.05, 4.69) is 24.1 Å². The van der Waals surface area contributed by atoms with E-state index in [1.165, 1.54) is 6.07 Å². The third kappa shape index (κ3) is 1.95. The zero-order chi connectivity index (χ0) is 12.7. The highest BCUT2D eigenvalue weighted by Crippen LogP contribution is 2.37. The summed E-state index contributed by atoms with van der Waals surface area (Å²) in [6.45, 7) is 7.92. The van der Waals surface area contributed by atoms with E-state index in [1.807, 2.05) is 12.1 Å². The number of rotatable bonds is 2. The van der Waals surface area contributed by atoms with Crippen LogP contribution < -0.4 is 5.32 Å².